The Kier molecular flexibility index (Phi) is 7.05. The number of rotatable bonds is 7. The lowest BCUT2D eigenvalue weighted by Gasteiger charge is -2.11. The molecule has 1 amide bonds. The van der Waals surface area contributed by atoms with Crippen LogP contribution in [0.15, 0.2) is 76.6 Å². The zero-order valence-corrected chi connectivity index (χ0v) is 20.8. The molecule has 0 aliphatic rings. The summed E-state index contributed by atoms with van der Waals surface area (Å²) in [7, 11) is -3.89. The van der Waals surface area contributed by atoms with Gasteiger partial charge in [0.2, 0.25) is 0 Å². The fraction of sp³-hybridized carbons (Fsp3) is 0.154. The van der Waals surface area contributed by atoms with Crippen molar-refractivity contribution in [3.05, 3.63) is 82.7 Å². The molecule has 7 nitrogen and oxygen atoms in total. The number of thiazole rings is 1. The van der Waals surface area contributed by atoms with Gasteiger partial charge in [0.25, 0.3) is 15.9 Å². The molecule has 0 atom stereocenters. The molecule has 0 bridgehead atoms. The first-order chi connectivity index (χ1) is 16.8. The largest absolute Gasteiger partial charge is 0.494 e. The lowest BCUT2D eigenvalue weighted by molar-refractivity contribution is 0.0998. The summed E-state index contributed by atoms with van der Waals surface area (Å²) in [6.45, 7) is 4.53. The number of aromatic nitrogens is 1. The predicted octanol–water partition coefficient (Wildman–Crippen LogP) is 4.59. The van der Waals surface area contributed by atoms with Crippen LogP contribution in [-0.4, -0.2) is 25.5 Å². The van der Waals surface area contributed by atoms with E-state index in [1.165, 1.54) is 35.6 Å². The smallest absolute Gasteiger partial charge is 0.281 e. The number of sulfonamides is 1. The maximum absolute atomic E-state index is 13.2. The van der Waals surface area contributed by atoms with E-state index in [1.54, 1.807) is 28.8 Å². The summed E-state index contributed by atoms with van der Waals surface area (Å²) >= 11 is 1.31. The molecule has 0 aliphatic heterocycles. The van der Waals surface area contributed by atoms with E-state index >= 15 is 0 Å². The average Bonchev–Trinajstić information content (AvgIpc) is 3.16. The molecule has 3 aromatic carbocycles. The van der Waals surface area contributed by atoms with Crippen molar-refractivity contribution in [1.82, 2.24) is 4.57 Å². The summed E-state index contributed by atoms with van der Waals surface area (Å²) in [5.41, 5.74) is 2.04. The van der Waals surface area contributed by atoms with Gasteiger partial charge in [-0.2, -0.15) is 4.99 Å². The molecule has 0 aliphatic carbocycles. The molecule has 0 fully saturated rings. The molecule has 1 heterocycles. The predicted molar refractivity (Wildman–Crippen MR) is 138 cm³/mol. The highest BCUT2D eigenvalue weighted by molar-refractivity contribution is 7.92. The Morgan fingerprint density at radius 3 is 2.60 bits per heavy atom. The number of aryl methyl sites for hydroxylation is 1. The van der Waals surface area contributed by atoms with Gasteiger partial charge in [-0.25, -0.2) is 8.42 Å². The van der Waals surface area contributed by atoms with Crippen LogP contribution in [0.25, 0.3) is 10.2 Å². The van der Waals surface area contributed by atoms with Gasteiger partial charge < -0.3 is 9.30 Å². The van der Waals surface area contributed by atoms with Gasteiger partial charge >= 0.3 is 0 Å². The number of terminal acetylenes is 1. The van der Waals surface area contributed by atoms with Crippen LogP contribution >= 0.6 is 11.3 Å². The van der Waals surface area contributed by atoms with Crippen molar-refractivity contribution in [2.45, 2.75) is 25.3 Å². The zero-order valence-electron chi connectivity index (χ0n) is 19.2. The number of para-hydroxylation sites is 1. The molecule has 4 rings (SSSR count). The fourth-order valence-corrected chi connectivity index (χ4v) is 5.60. The van der Waals surface area contributed by atoms with Crippen molar-refractivity contribution in [1.29, 1.82) is 0 Å². The Balaban J connectivity index is 1.74. The average molecular weight is 506 g/mol. The van der Waals surface area contributed by atoms with Crippen molar-refractivity contribution in [2.75, 3.05) is 11.3 Å². The summed E-state index contributed by atoms with van der Waals surface area (Å²) < 4.78 is 36.5. The van der Waals surface area contributed by atoms with Crippen LogP contribution in [0.5, 0.6) is 5.75 Å². The molecule has 0 radical (unpaired) electrons. The van der Waals surface area contributed by atoms with Gasteiger partial charge in [-0.05, 0) is 56.3 Å². The number of anilines is 1. The quantitative estimate of drug-likeness (QED) is 0.372. The first kappa shape index (κ1) is 24.3. The number of carbonyl (C=O) groups is 1. The minimum absolute atomic E-state index is 0.101. The minimum Gasteiger partial charge on any atom is -0.494 e. The molecule has 1 aromatic heterocycles. The first-order valence-electron chi connectivity index (χ1n) is 10.8. The molecule has 35 heavy (non-hydrogen) atoms. The number of nitrogens with one attached hydrogen (secondary N) is 1. The lowest BCUT2D eigenvalue weighted by Crippen LogP contribution is -2.18. The van der Waals surface area contributed by atoms with Gasteiger partial charge in [-0.1, -0.05) is 47.1 Å². The molecule has 0 spiro atoms. The summed E-state index contributed by atoms with van der Waals surface area (Å²) in [6.07, 6.45) is 5.56. The number of hydrogen-bond donors (Lipinski definition) is 1. The number of amides is 1. The summed E-state index contributed by atoms with van der Waals surface area (Å²) in [5.74, 6) is 2.72. The highest BCUT2D eigenvalue weighted by atomic mass is 32.2. The van der Waals surface area contributed by atoms with Crippen LogP contribution in [0.1, 0.15) is 22.8 Å². The van der Waals surface area contributed by atoms with Crippen LogP contribution in [0.4, 0.5) is 5.69 Å². The van der Waals surface area contributed by atoms with Gasteiger partial charge in [0.15, 0.2) is 4.80 Å². The van der Waals surface area contributed by atoms with Crippen LogP contribution in [0.3, 0.4) is 0 Å². The van der Waals surface area contributed by atoms with E-state index in [1.807, 2.05) is 32.0 Å². The second kappa shape index (κ2) is 10.2. The molecule has 0 unspecified atom stereocenters. The Morgan fingerprint density at radius 2 is 1.89 bits per heavy atom. The third kappa shape index (κ3) is 5.29. The Bertz CT molecular complexity index is 1610. The highest BCUT2D eigenvalue weighted by Crippen LogP contribution is 2.24. The summed E-state index contributed by atoms with van der Waals surface area (Å²) in [6, 6.07) is 18.4. The third-order valence-electron chi connectivity index (χ3n) is 5.14. The van der Waals surface area contributed by atoms with E-state index in [0.29, 0.717) is 17.2 Å². The number of nitrogens with zero attached hydrogens (tertiary/aromatic N) is 2. The maximum Gasteiger partial charge on any atom is 0.281 e. The number of hydrogen-bond acceptors (Lipinski definition) is 5. The van der Waals surface area contributed by atoms with E-state index in [4.69, 9.17) is 11.2 Å². The van der Waals surface area contributed by atoms with Crippen LogP contribution in [0, 0.1) is 19.3 Å². The lowest BCUT2D eigenvalue weighted by atomic mass is 10.2. The molecule has 1 N–H and O–H groups in total. The number of benzene rings is 3. The minimum atomic E-state index is -3.89. The Labute approximate surface area is 207 Å². The highest BCUT2D eigenvalue weighted by Gasteiger charge is 2.19. The van der Waals surface area contributed by atoms with Gasteiger partial charge in [-0.3, -0.25) is 9.52 Å². The van der Waals surface area contributed by atoms with Crippen molar-refractivity contribution < 1.29 is 17.9 Å². The monoisotopic (exact) mass is 505 g/mol. The van der Waals surface area contributed by atoms with E-state index in [-0.39, 0.29) is 22.7 Å². The normalized spacial score (nSPS) is 11.9. The maximum atomic E-state index is 13.2. The second-order valence-corrected chi connectivity index (χ2v) is 10.3. The summed E-state index contributed by atoms with van der Waals surface area (Å²) in [4.78, 5) is 18.0. The third-order valence-corrected chi connectivity index (χ3v) is 7.57. The van der Waals surface area contributed by atoms with Crippen LogP contribution < -0.4 is 14.3 Å². The first-order valence-corrected chi connectivity index (χ1v) is 13.1. The van der Waals surface area contributed by atoms with Crippen molar-refractivity contribution >= 4 is 43.2 Å². The number of ether oxygens (including phenoxy) is 1. The van der Waals surface area contributed by atoms with E-state index in [9.17, 15) is 13.2 Å². The van der Waals surface area contributed by atoms with Crippen LogP contribution in [-0.2, 0) is 16.6 Å². The molecule has 0 saturated heterocycles. The zero-order chi connectivity index (χ0) is 25.0. The molecule has 4 aromatic rings. The van der Waals surface area contributed by atoms with Gasteiger partial charge in [0, 0.05) is 0 Å². The Morgan fingerprint density at radius 1 is 1.14 bits per heavy atom. The number of carbonyl (C=O) groups excluding carboxylic acids is 1. The fourth-order valence-electron chi connectivity index (χ4n) is 3.47. The van der Waals surface area contributed by atoms with Gasteiger partial charge in [-0.15, -0.1) is 6.42 Å². The molecule has 178 valence electrons. The van der Waals surface area contributed by atoms with Gasteiger partial charge in [0.05, 0.1) is 39.5 Å². The topological polar surface area (TPSA) is 89.8 Å². The summed E-state index contributed by atoms with van der Waals surface area (Å²) in [5, 5.41) is 0. The van der Waals surface area contributed by atoms with Crippen molar-refractivity contribution in [3.63, 3.8) is 0 Å². The number of fused-ring (bicyclic) bond motifs is 1. The van der Waals surface area contributed by atoms with Gasteiger partial charge in [0.1, 0.15) is 5.75 Å². The van der Waals surface area contributed by atoms with Crippen LogP contribution in [0.2, 0.25) is 0 Å². The SMILES string of the molecule is C#CCn1c(=NC(=O)c2ccccc2NS(=O)(=O)c2ccc(C)cc2)sc2cc(OCC)ccc21. The van der Waals surface area contributed by atoms with Crippen molar-refractivity contribution in [3.8, 4) is 18.1 Å². The Hall–Kier alpha value is -3.87. The standard InChI is InChI=1S/C26H23N3O4S2/c1-4-16-29-23-15-12-19(33-5-2)17-24(23)34-26(29)27-25(30)21-8-6-7-9-22(21)28-35(31,32)20-13-10-18(3)11-14-20/h1,6-15,17,28H,5,16H2,2-3H3. The molecule has 0 saturated carbocycles. The van der Waals surface area contributed by atoms with E-state index < -0.39 is 15.9 Å². The van der Waals surface area contributed by atoms with Crippen molar-refractivity contribution in [2.24, 2.45) is 4.99 Å². The van der Waals surface area contributed by atoms with E-state index in [0.717, 1.165) is 15.8 Å². The second-order valence-electron chi connectivity index (χ2n) is 7.62. The molecular formula is C26H23N3O4S2. The van der Waals surface area contributed by atoms with E-state index in [2.05, 4.69) is 15.6 Å². The molecular weight excluding hydrogens is 482 g/mol. The molecule has 9 heteroatoms.